The fourth-order valence-corrected chi connectivity index (χ4v) is 1.77. The van der Waals surface area contributed by atoms with Gasteiger partial charge in [-0.05, 0) is 30.0 Å². The second-order valence-electron chi connectivity index (χ2n) is 4.22. The molecule has 0 amide bonds. The summed E-state index contributed by atoms with van der Waals surface area (Å²) >= 11 is 5.90. The summed E-state index contributed by atoms with van der Waals surface area (Å²) in [7, 11) is 0. The molecule has 0 bridgehead atoms. The molecule has 15 heavy (non-hydrogen) atoms. The van der Waals surface area contributed by atoms with Crippen LogP contribution in [0.5, 0.6) is 0 Å². The lowest BCUT2D eigenvalue weighted by atomic mass is 10.1. The first kappa shape index (κ1) is 12.5. The van der Waals surface area contributed by atoms with Crippen LogP contribution in [0.25, 0.3) is 0 Å². The zero-order valence-corrected chi connectivity index (χ0v) is 10.2. The standard InChI is InChI=1S/C12H19ClN2/c1-10(2)7-12(8-13)15-9-11-3-5-14-6-4-11/h3-6,10,12,15H,7-9H2,1-2H3. The summed E-state index contributed by atoms with van der Waals surface area (Å²) < 4.78 is 0. The number of nitrogens with zero attached hydrogens (tertiary/aromatic N) is 1. The third-order valence-corrected chi connectivity index (χ3v) is 2.66. The fourth-order valence-electron chi connectivity index (χ4n) is 1.53. The molecule has 1 heterocycles. The lowest BCUT2D eigenvalue weighted by molar-refractivity contribution is 0.445. The largest absolute Gasteiger partial charge is 0.309 e. The van der Waals surface area contributed by atoms with Crippen LogP contribution in [-0.2, 0) is 6.54 Å². The van der Waals surface area contributed by atoms with Gasteiger partial charge in [0.1, 0.15) is 0 Å². The normalized spacial score (nSPS) is 13.1. The van der Waals surface area contributed by atoms with E-state index in [1.807, 2.05) is 24.5 Å². The second-order valence-corrected chi connectivity index (χ2v) is 4.53. The fraction of sp³-hybridized carbons (Fsp3) is 0.583. The minimum atomic E-state index is 0.403. The maximum absolute atomic E-state index is 5.90. The van der Waals surface area contributed by atoms with E-state index in [-0.39, 0.29) is 0 Å². The van der Waals surface area contributed by atoms with Gasteiger partial charge in [0.2, 0.25) is 0 Å². The first-order valence-corrected chi connectivity index (χ1v) is 5.94. The van der Waals surface area contributed by atoms with Crippen molar-refractivity contribution in [3.63, 3.8) is 0 Å². The first-order valence-electron chi connectivity index (χ1n) is 5.40. The number of rotatable bonds is 6. The lowest BCUT2D eigenvalue weighted by Crippen LogP contribution is -2.31. The Morgan fingerprint density at radius 1 is 1.33 bits per heavy atom. The highest BCUT2D eigenvalue weighted by molar-refractivity contribution is 6.18. The van der Waals surface area contributed by atoms with Crippen LogP contribution in [0.2, 0.25) is 0 Å². The van der Waals surface area contributed by atoms with Gasteiger partial charge in [0, 0.05) is 30.9 Å². The number of pyridine rings is 1. The van der Waals surface area contributed by atoms with Gasteiger partial charge in [-0.25, -0.2) is 0 Å². The molecule has 1 aromatic heterocycles. The highest BCUT2D eigenvalue weighted by Gasteiger charge is 2.08. The van der Waals surface area contributed by atoms with Gasteiger partial charge in [0.05, 0.1) is 0 Å². The molecule has 0 aliphatic carbocycles. The predicted octanol–water partition coefficient (Wildman–Crippen LogP) is 2.82. The Morgan fingerprint density at radius 2 is 2.00 bits per heavy atom. The van der Waals surface area contributed by atoms with Gasteiger partial charge in [0.25, 0.3) is 0 Å². The molecule has 0 saturated carbocycles. The Labute approximate surface area is 97.1 Å². The summed E-state index contributed by atoms with van der Waals surface area (Å²) in [4.78, 5) is 3.99. The van der Waals surface area contributed by atoms with Crippen molar-refractivity contribution in [3.8, 4) is 0 Å². The summed E-state index contributed by atoms with van der Waals surface area (Å²) in [5.74, 6) is 1.35. The molecule has 2 nitrogen and oxygen atoms in total. The molecule has 0 spiro atoms. The van der Waals surface area contributed by atoms with E-state index in [1.54, 1.807) is 0 Å². The van der Waals surface area contributed by atoms with Gasteiger partial charge in [-0.2, -0.15) is 0 Å². The molecule has 0 saturated heterocycles. The van der Waals surface area contributed by atoms with Gasteiger partial charge in [0.15, 0.2) is 0 Å². The Balaban J connectivity index is 2.34. The van der Waals surface area contributed by atoms with Gasteiger partial charge in [-0.15, -0.1) is 11.6 Å². The minimum Gasteiger partial charge on any atom is -0.309 e. The zero-order valence-electron chi connectivity index (χ0n) is 9.41. The number of alkyl halides is 1. The number of aromatic nitrogens is 1. The summed E-state index contributed by atoms with van der Waals surface area (Å²) in [5, 5.41) is 3.46. The van der Waals surface area contributed by atoms with Crippen LogP contribution in [0.1, 0.15) is 25.8 Å². The van der Waals surface area contributed by atoms with Gasteiger partial charge >= 0.3 is 0 Å². The lowest BCUT2D eigenvalue weighted by Gasteiger charge is -2.17. The quantitative estimate of drug-likeness (QED) is 0.755. The average molecular weight is 227 g/mol. The van der Waals surface area contributed by atoms with E-state index in [0.29, 0.717) is 17.8 Å². The molecule has 1 atom stereocenters. The highest BCUT2D eigenvalue weighted by Crippen LogP contribution is 2.07. The van der Waals surface area contributed by atoms with Crippen molar-refractivity contribution in [2.45, 2.75) is 32.9 Å². The molecule has 0 aromatic carbocycles. The van der Waals surface area contributed by atoms with Crippen molar-refractivity contribution >= 4 is 11.6 Å². The van der Waals surface area contributed by atoms with Crippen LogP contribution >= 0.6 is 11.6 Å². The molecule has 1 unspecified atom stereocenters. The molecule has 0 radical (unpaired) electrons. The Bertz CT molecular complexity index is 262. The van der Waals surface area contributed by atoms with Crippen LogP contribution in [0.15, 0.2) is 24.5 Å². The minimum absolute atomic E-state index is 0.403. The van der Waals surface area contributed by atoms with Gasteiger partial charge in [-0.1, -0.05) is 13.8 Å². The van der Waals surface area contributed by atoms with E-state index in [1.165, 1.54) is 5.56 Å². The topological polar surface area (TPSA) is 24.9 Å². The summed E-state index contributed by atoms with van der Waals surface area (Å²) in [6.45, 7) is 5.30. The van der Waals surface area contributed by atoms with Crippen molar-refractivity contribution in [2.24, 2.45) is 5.92 Å². The molecule has 0 aliphatic rings. The van der Waals surface area contributed by atoms with Crippen molar-refractivity contribution < 1.29 is 0 Å². The first-order chi connectivity index (χ1) is 7.22. The third kappa shape index (κ3) is 5.14. The molecule has 84 valence electrons. The zero-order chi connectivity index (χ0) is 11.1. The van der Waals surface area contributed by atoms with Crippen molar-refractivity contribution in [3.05, 3.63) is 30.1 Å². The van der Waals surface area contributed by atoms with Crippen LogP contribution in [0, 0.1) is 5.92 Å². The second kappa shape index (κ2) is 6.81. The molecule has 1 N–H and O–H groups in total. The smallest absolute Gasteiger partial charge is 0.0377 e. The molecular weight excluding hydrogens is 208 g/mol. The van der Waals surface area contributed by atoms with E-state index in [0.717, 1.165) is 13.0 Å². The predicted molar refractivity (Wildman–Crippen MR) is 65.0 cm³/mol. The van der Waals surface area contributed by atoms with E-state index >= 15 is 0 Å². The number of halogens is 1. The molecular formula is C12H19ClN2. The average Bonchev–Trinajstić information content (AvgIpc) is 2.25. The van der Waals surface area contributed by atoms with Crippen LogP contribution < -0.4 is 5.32 Å². The Kier molecular flexibility index (Phi) is 5.66. The van der Waals surface area contributed by atoms with Crippen molar-refractivity contribution in [1.29, 1.82) is 0 Å². The molecule has 3 heteroatoms. The number of nitrogens with one attached hydrogen (secondary N) is 1. The van der Waals surface area contributed by atoms with E-state index in [4.69, 9.17) is 11.6 Å². The SMILES string of the molecule is CC(C)CC(CCl)NCc1ccncc1. The third-order valence-electron chi connectivity index (χ3n) is 2.29. The van der Waals surface area contributed by atoms with Crippen LogP contribution in [0.4, 0.5) is 0 Å². The van der Waals surface area contributed by atoms with E-state index < -0.39 is 0 Å². The van der Waals surface area contributed by atoms with Gasteiger partial charge < -0.3 is 5.32 Å². The molecule has 1 aromatic rings. The summed E-state index contributed by atoms with van der Waals surface area (Å²) in [6.07, 6.45) is 4.75. The number of hydrogen-bond donors (Lipinski definition) is 1. The van der Waals surface area contributed by atoms with Crippen molar-refractivity contribution in [1.82, 2.24) is 10.3 Å². The van der Waals surface area contributed by atoms with E-state index in [2.05, 4.69) is 24.1 Å². The molecule has 1 rings (SSSR count). The van der Waals surface area contributed by atoms with Crippen molar-refractivity contribution in [2.75, 3.05) is 5.88 Å². The van der Waals surface area contributed by atoms with Crippen LogP contribution in [-0.4, -0.2) is 16.9 Å². The Morgan fingerprint density at radius 3 is 2.53 bits per heavy atom. The molecule has 0 fully saturated rings. The number of hydrogen-bond acceptors (Lipinski definition) is 2. The summed E-state index contributed by atoms with van der Waals surface area (Å²) in [5.41, 5.74) is 1.25. The maximum Gasteiger partial charge on any atom is 0.0377 e. The maximum atomic E-state index is 5.90. The van der Waals surface area contributed by atoms with Crippen LogP contribution in [0.3, 0.4) is 0 Å². The Hall–Kier alpha value is -0.600. The van der Waals surface area contributed by atoms with Gasteiger partial charge in [-0.3, -0.25) is 4.98 Å². The highest BCUT2D eigenvalue weighted by atomic mass is 35.5. The molecule has 0 aliphatic heterocycles. The summed E-state index contributed by atoms with van der Waals surface area (Å²) in [6, 6.07) is 4.45. The van der Waals surface area contributed by atoms with E-state index in [9.17, 15) is 0 Å². The monoisotopic (exact) mass is 226 g/mol.